The van der Waals surface area contributed by atoms with Crippen molar-refractivity contribution in [1.29, 1.82) is 0 Å². The molecule has 1 aromatic carbocycles. The maximum atomic E-state index is 6.07. The molecular formula is C9H8ClNS2. The topological polar surface area (TPSA) is 12.0 Å². The van der Waals surface area contributed by atoms with Gasteiger partial charge in [0, 0.05) is 27.8 Å². The zero-order valence-corrected chi connectivity index (χ0v) is 9.23. The number of nitrogens with one attached hydrogen (secondary N) is 1. The highest BCUT2D eigenvalue weighted by atomic mass is 35.5. The molecule has 13 heavy (non-hydrogen) atoms. The van der Waals surface area contributed by atoms with Gasteiger partial charge in [-0.3, -0.25) is 0 Å². The zero-order chi connectivity index (χ0) is 9.26. The molecule has 1 heterocycles. The Morgan fingerprint density at radius 1 is 1.46 bits per heavy atom. The number of fused-ring (bicyclic) bond motifs is 1. The molecule has 1 N–H and O–H groups in total. The summed E-state index contributed by atoms with van der Waals surface area (Å²) in [5.74, 6) is 0.850. The summed E-state index contributed by atoms with van der Waals surface area (Å²) >= 11 is 12.9. The number of thiocarbonyl (C=S) groups is 1. The molecule has 1 aliphatic rings. The van der Waals surface area contributed by atoms with Gasteiger partial charge >= 0.3 is 0 Å². The number of hydrogen-bond donors (Lipinski definition) is 1. The van der Waals surface area contributed by atoms with Gasteiger partial charge in [-0.2, -0.15) is 0 Å². The van der Waals surface area contributed by atoms with Gasteiger partial charge in [0.15, 0.2) is 0 Å². The average Bonchev–Trinajstić information content (AvgIpc) is 2.30. The predicted octanol–water partition coefficient (Wildman–Crippen LogP) is 2.86. The van der Waals surface area contributed by atoms with E-state index in [-0.39, 0.29) is 0 Å². The van der Waals surface area contributed by atoms with Crippen LogP contribution in [0.15, 0.2) is 23.1 Å². The van der Waals surface area contributed by atoms with E-state index in [1.54, 1.807) is 11.8 Å². The van der Waals surface area contributed by atoms with E-state index in [0.29, 0.717) is 0 Å². The molecule has 1 aromatic rings. The SMILES string of the molecule is S=C1CSc2cccc(Cl)c2CN1. The molecule has 68 valence electrons. The second-order valence-electron chi connectivity index (χ2n) is 2.78. The molecular weight excluding hydrogens is 222 g/mol. The van der Waals surface area contributed by atoms with Crippen molar-refractivity contribution in [2.45, 2.75) is 11.4 Å². The van der Waals surface area contributed by atoms with Crippen LogP contribution in [0, 0.1) is 0 Å². The molecule has 0 saturated carbocycles. The summed E-state index contributed by atoms with van der Waals surface area (Å²) in [6, 6.07) is 5.97. The van der Waals surface area contributed by atoms with Crippen molar-refractivity contribution in [3.05, 3.63) is 28.8 Å². The second-order valence-corrected chi connectivity index (χ2v) is 4.70. The van der Waals surface area contributed by atoms with Crippen molar-refractivity contribution in [1.82, 2.24) is 5.32 Å². The molecule has 0 radical (unpaired) electrons. The molecule has 2 rings (SSSR count). The lowest BCUT2D eigenvalue weighted by molar-refractivity contribution is 0.909. The first-order valence-corrected chi connectivity index (χ1v) is 5.71. The molecule has 0 aromatic heterocycles. The molecule has 0 atom stereocenters. The lowest BCUT2D eigenvalue weighted by Gasteiger charge is -2.05. The van der Waals surface area contributed by atoms with E-state index in [2.05, 4.69) is 11.4 Å². The van der Waals surface area contributed by atoms with E-state index in [9.17, 15) is 0 Å². The van der Waals surface area contributed by atoms with Gasteiger partial charge in [-0.1, -0.05) is 29.9 Å². The third-order valence-electron chi connectivity index (χ3n) is 1.90. The van der Waals surface area contributed by atoms with E-state index < -0.39 is 0 Å². The van der Waals surface area contributed by atoms with Crippen LogP contribution in [0.4, 0.5) is 0 Å². The standard InChI is InChI=1S/C9H8ClNS2/c10-7-2-1-3-8-6(7)4-11-9(12)5-13-8/h1-3H,4-5H2,(H,11,12). The molecule has 0 fully saturated rings. The Hall–Kier alpha value is -0.250. The van der Waals surface area contributed by atoms with Crippen molar-refractivity contribution in [3.8, 4) is 0 Å². The Balaban J connectivity index is 2.40. The number of hydrogen-bond acceptors (Lipinski definition) is 2. The first-order valence-electron chi connectivity index (χ1n) is 3.94. The Morgan fingerprint density at radius 2 is 2.31 bits per heavy atom. The zero-order valence-electron chi connectivity index (χ0n) is 6.84. The van der Waals surface area contributed by atoms with E-state index in [0.717, 1.165) is 27.9 Å². The van der Waals surface area contributed by atoms with Crippen LogP contribution in [0.2, 0.25) is 5.02 Å². The summed E-state index contributed by atoms with van der Waals surface area (Å²) in [5.41, 5.74) is 1.16. The minimum Gasteiger partial charge on any atom is -0.375 e. The van der Waals surface area contributed by atoms with Crippen molar-refractivity contribution >= 4 is 40.6 Å². The number of thioether (sulfide) groups is 1. The van der Waals surface area contributed by atoms with Gasteiger partial charge in [-0.15, -0.1) is 11.8 Å². The highest BCUT2D eigenvalue weighted by Crippen LogP contribution is 2.30. The van der Waals surface area contributed by atoms with Crippen LogP contribution in [-0.2, 0) is 6.54 Å². The molecule has 0 spiro atoms. The molecule has 0 amide bonds. The van der Waals surface area contributed by atoms with E-state index in [1.807, 2.05) is 12.1 Å². The van der Waals surface area contributed by atoms with Gasteiger partial charge in [-0.25, -0.2) is 0 Å². The summed E-state index contributed by atoms with van der Waals surface area (Å²) in [6.07, 6.45) is 0. The summed E-state index contributed by atoms with van der Waals surface area (Å²) in [4.78, 5) is 2.14. The summed E-state index contributed by atoms with van der Waals surface area (Å²) in [5, 5.41) is 3.99. The Labute approximate surface area is 91.9 Å². The quantitative estimate of drug-likeness (QED) is 0.688. The van der Waals surface area contributed by atoms with E-state index >= 15 is 0 Å². The molecule has 0 bridgehead atoms. The maximum absolute atomic E-state index is 6.07. The van der Waals surface area contributed by atoms with Crippen LogP contribution in [0.3, 0.4) is 0 Å². The molecule has 0 aliphatic carbocycles. The fourth-order valence-electron chi connectivity index (χ4n) is 1.23. The summed E-state index contributed by atoms with van der Waals surface area (Å²) in [7, 11) is 0. The average molecular weight is 230 g/mol. The van der Waals surface area contributed by atoms with Crippen molar-refractivity contribution in [2.24, 2.45) is 0 Å². The maximum Gasteiger partial charge on any atom is 0.0860 e. The van der Waals surface area contributed by atoms with Gasteiger partial charge < -0.3 is 5.32 Å². The molecule has 0 unspecified atom stereocenters. The first-order chi connectivity index (χ1) is 6.27. The normalized spacial score (nSPS) is 15.9. The van der Waals surface area contributed by atoms with Crippen molar-refractivity contribution in [2.75, 3.05) is 5.75 Å². The Kier molecular flexibility index (Phi) is 2.77. The largest absolute Gasteiger partial charge is 0.375 e. The lowest BCUT2D eigenvalue weighted by atomic mass is 10.2. The van der Waals surface area contributed by atoms with Crippen LogP contribution in [0.1, 0.15) is 5.56 Å². The summed E-state index contributed by atoms with van der Waals surface area (Å²) < 4.78 is 0. The van der Waals surface area contributed by atoms with Crippen molar-refractivity contribution in [3.63, 3.8) is 0 Å². The fraction of sp³-hybridized carbons (Fsp3) is 0.222. The highest BCUT2D eigenvalue weighted by molar-refractivity contribution is 8.01. The molecule has 1 nitrogen and oxygen atoms in total. The first kappa shape index (κ1) is 9.31. The number of benzene rings is 1. The third-order valence-corrected chi connectivity index (χ3v) is 3.85. The van der Waals surface area contributed by atoms with Crippen LogP contribution in [-0.4, -0.2) is 10.7 Å². The van der Waals surface area contributed by atoms with E-state index in [4.69, 9.17) is 23.8 Å². The highest BCUT2D eigenvalue weighted by Gasteiger charge is 2.12. The minimum atomic E-state index is 0.751. The van der Waals surface area contributed by atoms with Gasteiger partial charge in [0.2, 0.25) is 0 Å². The second kappa shape index (κ2) is 3.86. The van der Waals surface area contributed by atoms with Crippen LogP contribution >= 0.6 is 35.6 Å². The number of halogens is 1. The minimum absolute atomic E-state index is 0.751. The summed E-state index contributed by atoms with van der Waals surface area (Å²) in [6.45, 7) is 0.751. The van der Waals surface area contributed by atoms with Gasteiger partial charge in [-0.05, 0) is 12.1 Å². The fourth-order valence-corrected chi connectivity index (χ4v) is 2.69. The third kappa shape index (κ3) is 1.98. The number of rotatable bonds is 0. The predicted molar refractivity (Wildman–Crippen MR) is 61.6 cm³/mol. The van der Waals surface area contributed by atoms with Crippen molar-refractivity contribution < 1.29 is 0 Å². The molecule has 1 aliphatic heterocycles. The lowest BCUT2D eigenvalue weighted by Crippen LogP contribution is -2.20. The van der Waals surface area contributed by atoms with Crippen LogP contribution in [0.5, 0.6) is 0 Å². The smallest absolute Gasteiger partial charge is 0.0860 e. The molecule has 4 heteroatoms. The molecule has 0 saturated heterocycles. The van der Waals surface area contributed by atoms with Gasteiger partial charge in [0.1, 0.15) is 0 Å². The van der Waals surface area contributed by atoms with Crippen LogP contribution < -0.4 is 5.32 Å². The Morgan fingerprint density at radius 3 is 3.15 bits per heavy atom. The van der Waals surface area contributed by atoms with E-state index in [1.165, 1.54) is 4.90 Å². The Bertz CT molecular complexity index is 351. The van der Waals surface area contributed by atoms with Crippen LogP contribution in [0.25, 0.3) is 0 Å². The van der Waals surface area contributed by atoms with Gasteiger partial charge in [0.25, 0.3) is 0 Å². The monoisotopic (exact) mass is 229 g/mol. The van der Waals surface area contributed by atoms with Gasteiger partial charge in [0.05, 0.1) is 4.99 Å².